The topological polar surface area (TPSA) is 97.0 Å². The maximum Gasteiger partial charge on any atom is 0.426 e. The number of halogens is 7. The first kappa shape index (κ1) is 55.5. The van der Waals surface area contributed by atoms with Crippen molar-refractivity contribution < 1.29 is 50.2 Å². The number of hydrogen-bond donors (Lipinski definition) is 2. The molecule has 8 nitrogen and oxygen atoms in total. The predicted octanol–water partition coefficient (Wildman–Crippen LogP) is 14.3. The molecule has 0 saturated carbocycles. The summed E-state index contributed by atoms with van der Waals surface area (Å²) in [6.45, 7) is 11.5. The molecule has 2 N–H and O–H groups in total. The van der Waals surface area contributed by atoms with E-state index in [9.17, 15) is 40.7 Å². The SMILES string of the molecule is CC(C)(C)OC(=O)C[C@@H](NC(=O)OC(C)(C)C)C(=O)N1CCc2cc(CCc3cc(-c4ccccc4)c(C(F)(F)F)s3)ccc21.Cl.FC(F)(F)c1sc(CCc2ccc3c(c2)CCN3)cc1-c1ccccc1. The molecular formula is C55H58ClF6N3O5S2. The van der Waals surface area contributed by atoms with Crippen molar-refractivity contribution >= 4 is 64.4 Å². The van der Waals surface area contributed by atoms with Gasteiger partial charge in [0.15, 0.2) is 0 Å². The van der Waals surface area contributed by atoms with Crippen LogP contribution in [0.25, 0.3) is 22.3 Å². The third-order valence-corrected chi connectivity index (χ3v) is 14.0. The number of alkyl halides is 6. The van der Waals surface area contributed by atoms with Crippen molar-refractivity contribution in [3.8, 4) is 22.3 Å². The molecule has 0 fully saturated rings. The Morgan fingerprint density at radius 1 is 0.639 bits per heavy atom. The molecule has 2 aliphatic heterocycles. The smallest absolute Gasteiger partial charge is 0.426 e. The molecule has 4 heterocycles. The maximum absolute atomic E-state index is 13.8. The number of aryl methyl sites for hydroxylation is 4. The van der Waals surface area contributed by atoms with Crippen molar-refractivity contribution in [1.29, 1.82) is 0 Å². The summed E-state index contributed by atoms with van der Waals surface area (Å²) in [7, 11) is 0. The monoisotopic (exact) mass is 1050 g/mol. The van der Waals surface area contributed by atoms with Gasteiger partial charge in [-0.15, -0.1) is 35.1 Å². The molecule has 4 aromatic carbocycles. The average molecular weight is 1050 g/mol. The van der Waals surface area contributed by atoms with E-state index in [0.717, 1.165) is 58.1 Å². The number of anilines is 2. The summed E-state index contributed by atoms with van der Waals surface area (Å²) >= 11 is 1.64. The lowest BCUT2D eigenvalue weighted by Gasteiger charge is -2.27. The number of benzene rings is 4. The highest BCUT2D eigenvalue weighted by molar-refractivity contribution is 7.13. The number of nitrogens with zero attached hydrogens (tertiary/aromatic N) is 1. The number of esters is 1. The van der Waals surface area contributed by atoms with Gasteiger partial charge in [-0.25, -0.2) is 4.79 Å². The van der Waals surface area contributed by atoms with Gasteiger partial charge in [-0.05, 0) is 138 Å². The Hall–Kier alpha value is -5.84. The molecule has 2 amide bonds. The van der Waals surface area contributed by atoms with Gasteiger partial charge in [0.1, 0.15) is 27.0 Å². The van der Waals surface area contributed by atoms with E-state index in [1.54, 1.807) is 114 Å². The van der Waals surface area contributed by atoms with Crippen LogP contribution < -0.4 is 15.5 Å². The number of amides is 2. The maximum atomic E-state index is 13.8. The summed E-state index contributed by atoms with van der Waals surface area (Å²) < 4.78 is 92.6. The Labute approximate surface area is 430 Å². The van der Waals surface area contributed by atoms with Gasteiger partial charge in [0.25, 0.3) is 0 Å². The minimum atomic E-state index is -4.45. The third-order valence-electron chi connectivity index (χ3n) is 11.5. The van der Waals surface area contributed by atoms with E-state index < -0.39 is 57.3 Å². The molecule has 0 unspecified atom stereocenters. The van der Waals surface area contributed by atoms with Gasteiger partial charge in [0.2, 0.25) is 5.91 Å². The molecule has 384 valence electrons. The fourth-order valence-corrected chi connectivity index (χ4v) is 10.6. The second-order valence-corrected chi connectivity index (χ2v) is 21.8. The number of carbonyl (C=O) groups is 3. The second-order valence-electron chi connectivity index (χ2n) is 19.5. The van der Waals surface area contributed by atoms with Crippen molar-refractivity contribution in [2.75, 3.05) is 23.3 Å². The molecule has 0 bridgehead atoms. The highest BCUT2D eigenvalue weighted by Gasteiger charge is 2.38. The van der Waals surface area contributed by atoms with Crippen LogP contribution in [-0.4, -0.2) is 48.3 Å². The highest BCUT2D eigenvalue weighted by atomic mass is 35.5. The lowest BCUT2D eigenvalue weighted by atomic mass is 10.0. The number of fused-ring (bicyclic) bond motifs is 2. The first-order valence-corrected chi connectivity index (χ1v) is 25.0. The Morgan fingerprint density at radius 2 is 1.14 bits per heavy atom. The van der Waals surface area contributed by atoms with Crippen molar-refractivity contribution in [2.45, 2.75) is 116 Å². The quantitative estimate of drug-likeness (QED) is 0.0936. The van der Waals surface area contributed by atoms with Gasteiger partial charge in [-0.3, -0.25) is 9.59 Å². The van der Waals surface area contributed by atoms with Crippen LogP contribution in [0.3, 0.4) is 0 Å². The fourth-order valence-electron chi connectivity index (χ4n) is 8.49. The van der Waals surface area contributed by atoms with Crippen molar-refractivity contribution in [3.63, 3.8) is 0 Å². The van der Waals surface area contributed by atoms with Crippen molar-refractivity contribution in [1.82, 2.24) is 5.32 Å². The van der Waals surface area contributed by atoms with Crippen LogP contribution in [0.2, 0.25) is 0 Å². The summed E-state index contributed by atoms with van der Waals surface area (Å²) in [4.78, 5) is 40.8. The van der Waals surface area contributed by atoms with Crippen LogP contribution in [-0.2, 0) is 69.9 Å². The lowest BCUT2D eigenvalue weighted by molar-refractivity contribution is -0.156. The molecule has 6 aromatic rings. The largest absolute Gasteiger partial charge is 0.460 e. The number of carbonyl (C=O) groups excluding carboxylic acids is 3. The first-order chi connectivity index (χ1) is 33.4. The molecule has 0 radical (unpaired) electrons. The Balaban J connectivity index is 0.000000265. The lowest BCUT2D eigenvalue weighted by Crippen LogP contribution is -2.50. The summed E-state index contributed by atoms with van der Waals surface area (Å²) in [6, 6.07) is 31.4. The summed E-state index contributed by atoms with van der Waals surface area (Å²) in [5.41, 5.74) is 6.20. The summed E-state index contributed by atoms with van der Waals surface area (Å²) in [5.74, 6) is -1.10. The van der Waals surface area contributed by atoms with Crippen LogP contribution in [0.1, 0.15) is 89.7 Å². The molecule has 0 saturated heterocycles. The third kappa shape index (κ3) is 14.9. The van der Waals surface area contributed by atoms with E-state index in [1.807, 2.05) is 18.2 Å². The van der Waals surface area contributed by atoms with E-state index >= 15 is 0 Å². The van der Waals surface area contributed by atoms with Crippen LogP contribution in [0.4, 0.5) is 42.5 Å². The molecule has 8 rings (SSSR count). The Kier molecular flexibility index (Phi) is 17.7. The standard InChI is InChI=1S/C34H39F3N2O5S.C21H18F3NS.ClH/c1-32(2,3)43-28(40)20-26(38-31(42)44-33(4,5)6)30(41)39-17-16-23-18-21(13-15-27(23)39)12-14-24-19-25(22-10-8-7-9-11-22)29(45-24)34(35,36)37;22-21(23,24)20-18(15-4-2-1-3-5-15)13-17(26-20)8-6-14-7-9-19-16(12-14)10-11-25-19;/h7-11,13,15,18-19,26H,12,14,16-17,20H2,1-6H3,(H,38,42);1-5,7,9,12-13,25H,6,8,10-11H2;1H/t26-;;/m1../s1. The minimum Gasteiger partial charge on any atom is -0.460 e. The van der Waals surface area contributed by atoms with Crippen LogP contribution >= 0.6 is 35.1 Å². The zero-order chi connectivity index (χ0) is 51.3. The number of rotatable bonds is 12. The van der Waals surface area contributed by atoms with Crippen LogP contribution in [0, 0.1) is 0 Å². The van der Waals surface area contributed by atoms with Crippen LogP contribution in [0.5, 0.6) is 0 Å². The van der Waals surface area contributed by atoms with Gasteiger partial charge in [-0.2, -0.15) is 26.3 Å². The van der Waals surface area contributed by atoms with Gasteiger partial charge < -0.3 is 25.0 Å². The molecule has 17 heteroatoms. The van der Waals surface area contributed by atoms with Gasteiger partial charge in [-0.1, -0.05) is 84.9 Å². The average Bonchev–Trinajstić information content (AvgIpc) is 4.12. The number of nitrogens with one attached hydrogen (secondary N) is 2. The fraction of sp³-hybridized carbons (Fsp3) is 0.364. The molecule has 2 aliphatic rings. The normalized spacial score (nSPS) is 13.7. The molecule has 0 spiro atoms. The van der Waals surface area contributed by atoms with Gasteiger partial charge in [0.05, 0.1) is 6.42 Å². The molecule has 2 aromatic heterocycles. The molecule has 1 atom stereocenters. The molecule has 0 aliphatic carbocycles. The Morgan fingerprint density at radius 3 is 1.64 bits per heavy atom. The zero-order valence-electron chi connectivity index (χ0n) is 40.8. The van der Waals surface area contributed by atoms with E-state index in [1.165, 1.54) is 21.7 Å². The number of ether oxygens (including phenoxy) is 2. The van der Waals surface area contributed by atoms with Crippen molar-refractivity contribution in [3.05, 3.63) is 151 Å². The van der Waals surface area contributed by atoms with Crippen LogP contribution in [0.15, 0.2) is 109 Å². The molecule has 72 heavy (non-hydrogen) atoms. The number of thiophene rings is 2. The minimum absolute atomic E-state index is 0. The number of hydrogen-bond acceptors (Lipinski definition) is 8. The van der Waals surface area contributed by atoms with E-state index in [4.69, 9.17) is 9.47 Å². The van der Waals surface area contributed by atoms with E-state index in [2.05, 4.69) is 28.8 Å². The van der Waals surface area contributed by atoms with E-state index in [-0.39, 0.29) is 30.0 Å². The summed E-state index contributed by atoms with van der Waals surface area (Å²) in [5, 5.41) is 5.87. The van der Waals surface area contributed by atoms with E-state index in [0.29, 0.717) is 53.9 Å². The van der Waals surface area contributed by atoms with Gasteiger partial charge >= 0.3 is 24.4 Å². The first-order valence-electron chi connectivity index (χ1n) is 23.4. The summed E-state index contributed by atoms with van der Waals surface area (Å²) in [6.07, 6.45) is -6.08. The highest BCUT2D eigenvalue weighted by Crippen LogP contribution is 2.45. The van der Waals surface area contributed by atoms with Gasteiger partial charge in [0, 0.05) is 45.3 Å². The predicted molar refractivity (Wildman–Crippen MR) is 276 cm³/mol. The Bertz CT molecular complexity index is 2800. The molecular weight excluding hydrogens is 996 g/mol. The zero-order valence-corrected chi connectivity index (χ0v) is 43.3. The van der Waals surface area contributed by atoms with Crippen molar-refractivity contribution in [2.24, 2.45) is 0 Å². The second kappa shape index (κ2) is 22.9. The number of alkyl carbamates (subject to hydrolysis) is 1.